The van der Waals surface area contributed by atoms with Crippen LogP contribution in [0.25, 0.3) is 0 Å². The predicted molar refractivity (Wildman–Crippen MR) is 56.0 cm³/mol. The SMILES string of the molecule is CC1CC(C)C(N(C)CC(F)F)C(O)C1. The third-order valence-electron chi connectivity index (χ3n) is 3.33. The minimum Gasteiger partial charge on any atom is -0.391 e. The number of hydrogen-bond acceptors (Lipinski definition) is 2. The summed E-state index contributed by atoms with van der Waals surface area (Å²) < 4.78 is 24.5. The summed E-state index contributed by atoms with van der Waals surface area (Å²) in [7, 11) is 1.67. The second kappa shape index (κ2) is 5.21. The Bertz CT molecular complexity index is 189. The molecule has 1 aliphatic carbocycles. The predicted octanol–water partition coefficient (Wildman–Crippen LogP) is 1.98. The molecule has 0 heterocycles. The van der Waals surface area contributed by atoms with Gasteiger partial charge in [-0.2, -0.15) is 0 Å². The molecule has 1 N–H and O–H groups in total. The average molecular weight is 221 g/mol. The molecular formula is C11H21F2NO. The van der Waals surface area contributed by atoms with Gasteiger partial charge < -0.3 is 5.11 Å². The first-order valence-electron chi connectivity index (χ1n) is 5.58. The normalized spacial score (nSPS) is 37.6. The molecule has 1 fully saturated rings. The summed E-state index contributed by atoms with van der Waals surface area (Å²) in [6, 6.07) is -0.116. The maximum atomic E-state index is 12.2. The van der Waals surface area contributed by atoms with E-state index in [1.54, 1.807) is 11.9 Å². The number of likely N-dealkylation sites (N-methyl/N-ethyl adjacent to an activating group) is 1. The Morgan fingerprint density at radius 2 is 1.93 bits per heavy atom. The zero-order valence-corrected chi connectivity index (χ0v) is 9.66. The highest BCUT2D eigenvalue weighted by molar-refractivity contribution is 4.88. The first-order valence-corrected chi connectivity index (χ1v) is 5.58. The fourth-order valence-electron chi connectivity index (χ4n) is 2.87. The van der Waals surface area contributed by atoms with E-state index in [9.17, 15) is 13.9 Å². The Labute approximate surface area is 90.3 Å². The van der Waals surface area contributed by atoms with Crippen LogP contribution >= 0.6 is 0 Å². The molecule has 0 aromatic rings. The molecule has 0 radical (unpaired) electrons. The molecule has 4 heteroatoms. The molecule has 15 heavy (non-hydrogen) atoms. The highest BCUT2D eigenvalue weighted by atomic mass is 19.3. The smallest absolute Gasteiger partial charge is 0.251 e. The van der Waals surface area contributed by atoms with E-state index in [-0.39, 0.29) is 18.5 Å². The van der Waals surface area contributed by atoms with Crippen LogP contribution in [0, 0.1) is 11.8 Å². The summed E-state index contributed by atoms with van der Waals surface area (Å²) in [6.07, 6.45) is -1.06. The first-order chi connectivity index (χ1) is 6.91. The van der Waals surface area contributed by atoms with Gasteiger partial charge in [-0.1, -0.05) is 13.8 Å². The van der Waals surface area contributed by atoms with E-state index in [0.29, 0.717) is 5.92 Å². The molecule has 1 saturated carbocycles. The lowest BCUT2D eigenvalue weighted by atomic mass is 9.77. The van der Waals surface area contributed by atoms with Gasteiger partial charge in [0.25, 0.3) is 6.43 Å². The third kappa shape index (κ3) is 3.38. The summed E-state index contributed by atoms with van der Waals surface area (Å²) in [5.41, 5.74) is 0. The monoisotopic (exact) mass is 221 g/mol. The summed E-state index contributed by atoms with van der Waals surface area (Å²) >= 11 is 0. The summed E-state index contributed by atoms with van der Waals surface area (Å²) in [4.78, 5) is 1.60. The van der Waals surface area contributed by atoms with E-state index in [4.69, 9.17) is 0 Å². The van der Waals surface area contributed by atoms with E-state index in [2.05, 4.69) is 6.92 Å². The van der Waals surface area contributed by atoms with E-state index >= 15 is 0 Å². The van der Waals surface area contributed by atoms with Crippen molar-refractivity contribution in [2.45, 2.75) is 45.3 Å². The molecule has 4 atom stereocenters. The molecular weight excluding hydrogens is 200 g/mol. The minimum atomic E-state index is -2.33. The molecule has 0 aromatic carbocycles. The number of hydrogen-bond donors (Lipinski definition) is 1. The van der Waals surface area contributed by atoms with Gasteiger partial charge in [0.15, 0.2) is 0 Å². The Hall–Kier alpha value is -0.220. The van der Waals surface area contributed by atoms with Gasteiger partial charge in [0.2, 0.25) is 0 Å². The van der Waals surface area contributed by atoms with Crippen LogP contribution in [-0.4, -0.2) is 42.2 Å². The van der Waals surface area contributed by atoms with Crippen molar-refractivity contribution in [2.24, 2.45) is 11.8 Å². The third-order valence-corrected chi connectivity index (χ3v) is 3.33. The molecule has 1 rings (SSSR count). The van der Waals surface area contributed by atoms with Gasteiger partial charge in [-0.15, -0.1) is 0 Å². The van der Waals surface area contributed by atoms with Gasteiger partial charge in [-0.25, -0.2) is 8.78 Å². The quantitative estimate of drug-likeness (QED) is 0.787. The standard InChI is InChI=1S/C11H21F2NO/c1-7-4-8(2)11(9(15)5-7)14(3)6-10(12)13/h7-11,15H,4-6H2,1-3H3. The number of nitrogens with zero attached hydrogens (tertiary/aromatic N) is 1. The molecule has 4 unspecified atom stereocenters. The van der Waals surface area contributed by atoms with Crippen molar-refractivity contribution in [3.05, 3.63) is 0 Å². The summed E-state index contributed by atoms with van der Waals surface area (Å²) in [5.74, 6) is 0.777. The second-order valence-electron chi connectivity index (χ2n) is 4.94. The fourth-order valence-corrected chi connectivity index (χ4v) is 2.87. The van der Waals surface area contributed by atoms with Gasteiger partial charge in [-0.3, -0.25) is 4.90 Å². The number of halogens is 2. The zero-order valence-electron chi connectivity index (χ0n) is 9.66. The molecule has 0 spiro atoms. The Morgan fingerprint density at radius 1 is 1.33 bits per heavy atom. The zero-order chi connectivity index (χ0) is 11.6. The molecule has 2 nitrogen and oxygen atoms in total. The van der Waals surface area contributed by atoms with Gasteiger partial charge in [0, 0.05) is 6.04 Å². The summed E-state index contributed by atoms with van der Waals surface area (Å²) in [5, 5.41) is 9.91. The molecule has 0 saturated heterocycles. The van der Waals surface area contributed by atoms with Crippen LogP contribution in [0.5, 0.6) is 0 Å². The van der Waals surface area contributed by atoms with Gasteiger partial charge in [-0.05, 0) is 31.7 Å². The lowest BCUT2D eigenvalue weighted by molar-refractivity contribution is -0.0325. The van der Waals surface area contributed by atoms with Crippen molar-refractivity contribution in [2.75, 3.05) is 13.6 Å². The van der Waals surface area contributed by atoms with Gasteiger partial charge in [0.05, 0.1) is 12.6 Å². The van der Waals surface area contributed by atoms with Crippen molar-refractivity contribution >= 4 is 0 Å². The lowest BCUT2D eigenvalue weighted by Gasteiger charge is -2.42. The topological polar surface area (TPSA) is 23.5 Å². The van der Waals surface area contributed by atoms with E-state index in [0.717, 1.165) is 12.8 Å². The van der Waals surface area contributed by atoms with Crippen LogP contribution in [0.4, 0.5) is 8.78 Å². The maximum absolute atomic E-state index is 12.2. The van der Waals surface area contributed by atoms with E-state index in [1.165, 1.54) is 0 Å². The number of aliphatic hydroxyl groups is 1. The van der Waals surface area contributed by atoms with Crippen LogP contribution in [0.2, 0.25) is 0 Å². The molecule has 0 bridgehead atoms. The van der Waals surface area contributed by atoms with Crippen LogP contribution in [0.15, 0.2) is 0 Å². The minimum absolute atomic E-state index is 0.116. The van der Waals surface area contributed by atoms with Crippen LogP contribution < -0.4 is 0 Å². The summed E-state index contributed by atoms with van der Waals surface area (Å²) in [6.45, 7) is 3.88. The van der Waals surface area contributed by atoms with Crippen LogP contribution in [-0.2, 0) is 0 Å². The highest BCUT2D eigenvalue weighted by Crippen LogP contribution is 2.31. The van der Waals surface area contributed by atoms with Crippen molar-refractivity contribution in [1.82, 2.24) is 4.90 Å². The average Bonchev–Trinajstić information content (AvgIpc) is 1.99. The van der Waals surface area contributed by atoms with Crippen LogP contribution in [0.3, 0.4) is 0 Å². The molecule has 0 aromatic heterocycles. The van der Waals surface area contributed by atoms with Gasteiger partial charge in [0.1, 0.15) is 0 Å². The number of alkyl halides is 2. The Morgan fingerprint density at radius 3 is 2.40 bits per heavy atom. The van der Waals surface area contributed by atoms with E-state index < -0.39 is 12.5 Å². The Kier molecular flexibility index (Phi) is 4.46. The van der Waals surface area contributed by atoms with Crippen molar-refractivity contribution < 1.29 is 13.9 Å². The van der Waals surface area contributed by atoms with Crippen molar-refractivity contribution in [1.29, 1.82) is 0 Å². The highest BCUT2D eigenvalue weighted by Gasteiger charge is 2.35. The molecule has 0 aliphatic heterocycles. The number of aliphatic hydroxyl groups excluding tert-OH is 1. The van der Waals surface area contributed by atoms with E-state index in [1.807, 2.05) is 6.92 Å². The number of rotatable bonds is 3. The fraction of sp³-hybridized carbons (Fsp3) is 1.00. The molecule has 1 aliphatic rings. The maximum Gasteiger partial charge on any atom is 0.251 e. The molecule has 0 amide bonds. The lowest BCUT2D eigenvalue weighted by Crippen LogP contribution is -2.50. The molecule has 90 valence electrons. The Balaban J connectivity index is 2.58. The first kappa shape index (κ1) is 12.8. The van der Waals surface area contributed by atoms with Crippen LogP contribution in [0.1, 0.15) is 26.7 Å². The van der Waals surface area contributed by atoms with Crippen molar-refractivity contribution in [3.8, 4) is 0 Å². The second-order valence-corrected chi connectivity index (χ2v) is 4.94. The largest absolute Gasteiger partial charge is 0.391 e. The van der Waals surface area contributed by atoms with Crippen molar-refractivity contribution in [3.63, 3.8) is 0 Å². The van der Waals surface area contributed by atoms with Gasteiger partial charge >= 0.3 is 0 Å².